The van der Waals surface area contributed by atoms with E-state index in [9.17, 15) is 13.2 Å². The van der Waals surface area contributed by atoms with Crippen molar-refractivity contribution in [1.29, 1.82) is 0 Å². The quantitative estimate of drug-likeness (QED) is 0.595. The van der Waals surface area contributed by atoms with Crippen molar-refractivity contribution in [3.63, 3.8) is 0 Å². The van der Waals surface area contributed by atoms with Crippen LogP contribution in [-0.4, -0.2) is 12.8 Å². The third-order valence-electron chi connectivity index (χ3n) is 3.38. The highest BCUT2D eigenvalue weighted by atomic mass is 19.3. The first-order valence-corrected chi connectivity index (χ1v) is 7.32. The van der Waals surface area contributed by atoms with Gasteiger partial charge in [0.05, 0.1) is 0 Å². The number of halogens is 3. The highest BCUT2D eigenvalue weighted by molar-refractivity contribution is 6.10. The fourth-order valence-corrected chi connectivity index (χ4v) is 2.14. The molecule has 24 heavy (non-hydrogen) atoms. The van der Waals surface area contributed by atoms with Crippen molar-refractivity contribution in [2.45, 2.75) is 20.0 Å². The molecule has 0 aromatic heterocycles. The van der Waals surface area contributed by atoms with Gasteiger partial charge < -0.3 is 11.1 Å². The molecule has 3 nitrogen and oxygen atoms in total. The molecule has 0 unspecified atom stereocenters. The van der Waals surface area contributed by atoms with Gasteiger partial charge in [-0.2, -0.15) is 8.78 Å². The second-order valence-corrected chi connectivity index (χ2v) is 5.17. The number of benzene rings is 2. The van der Waals surface area contributed by atoms with Gasteiger partial charge in [0.1, 0.15) is 5.82 Å². The number of rotatable bonds is 6. The molecule has 6 heteroatoms. The number of hydrogen-bond acceptors (Lipinski definition) is 3. The fourth-order valence-electron chi connectivity index (χ4n) is 2.14. The van der Waals surface area contributed by atoms with Crippen molar-refractivity contribution in [2.75, 3.05) is 5.32 Å². The first kappa shape index (κ1) is 17.6. The SMILES string of the molecule is C/C(N)=C(/C=N/C(F)F)c1ccc(NCc2ccccc2F)cc1.[HH]. The second kappa shape index (κ2) is 8.19. The molecule has 128 valence electrons. The molecule has 0 heterocycles. The Kier molecular flexibility index (Phi) is 6.01. The zero-order chi connectivity index (χ0) is 17.5. The van der Waals surface area contributed by atoms with E-state index in [2.05, 4.69) is 10.3 Å². The largest absolute Gasteiger partial charge is 0.402 e. The number of nitrogens with one attached hydrogen (secondary N) is 1. The van der Waals surface area contributed by atoms with Crippen LogP contribution in [0.4, 0.5) is 18.9 Å². The topological polar surface area (TPSA) is 50.4 Å². The Bertz CT molecular complexity index is 739. The lowest BCUT2D eigenvalue weighted by atomic mass is 10.0. The number of aliphatic imine (C=N–C) groups is 1. The van der Waals surface area contributed by atoms with E-state index >= 15 is 0 Å². The van der Waals surface area contributed by atoms with Crippen LogP contribution in [0.3, 0.4) is 0 Å². The lowest BCUT2D eigenvalue weighted by molar-refractivity contribution is 0.161. The first-order valence-electron chi connectivity index (χ1n) is 7.32. The van der Waals surface area contributed by atoms with Gasteiger partial charge in [-0.1, -0.05) is 30.3 Å². The zero-order valence-corrected chi connectivity index (χ0v) is 13.1. The van der Waals surface area contributed by atoms with Crippen LogP contribution in [0.1, 0.15) is 19.5 Å². The summed E-state index contributed by atoms with van der Waals surface area (Å²) in [6.45, 7) is -0.810. The van der Waals surface area contributed by atoms with Crippen LogP contribution in [0.15, 0.2) is 59.2 Å². The van der Waals surface area contributed by atoms with Crippen LogP contribution >= 0.6 is 0 Å². The average Bonchev–Trinajstić information content (AvgIpc) is 2.55. The molecule has 0 spiro atoms. The Morgan fingerprint density at radius 2 is 1.88 bits per heavy atom. The highest BCUT2D eigenvalue weighted by Gasteiger charge is 2.05. The Morgan fingerprint density at radius 3 is 2.46 bits per heavy atom. The fraction of sp³-hybridized carbons (Fsp3) is 0.167. The van der Waals surface area contributed by atoms with E-state index in [1.54, 1.807) is 49.4 Å². The molecule has 0 saturated carbocycles. The van der Waals surface area contributed by atoms with Gasteiger partial charge in [-0.15, -0.1) is 0 Å². The summed E-state index contributed by atoms with van der Waals surface area (Å²) in [5.41, 5.74) is 8.58. The van der Waals surface area contributed by atoms with Crippen molar-refractivity contribution in [2.24, 2.45) is 10.7 Å². The second-order valence-electron chi connectivity index (χ2n) is 5.17. The van der Waals surface area contributed by atoms with Crippen molar-refractivity contribution in [3.05, 3.63) is 71.2 Å². The van der Waals surface area contributed by atoms with E-state index in [0.717, 1.165) is 11.9 Å². The number of allylic oxidation sites excluding steroid dienone is 2. The van der Waals surface area contributed by atoms with Gasteiger partial charge in [-0.3, -0.25) is 0 Å². The molecule has 0 saturated heterocycles. The Hall–Kier alpha value is -2.76. The van der Waals surface area contributed by atoms with Crippen LogP contribution in [0.25, 0.3) is 5.57 Å². The Balaban J connectivity index is 0.00000312. The lowest BCUT2D eigenvalue weighted by Crippen LogP contribution is -2.03. The molecule has 3 N–H and O–H groups in total. The van der Waals surface area contributed by atoms with Crippen molar-refractivity contribution < 1.29 is 14.6 Å². The molecule has 2 aromatic rings. The van der Waals surface area contributed by atoms with E-state index in [0.29, 0.717) is 28.9 Å². The van der Waals surface area contributed by atoms with Gasteiger partial charge in [0.25, 0.3) is 0 Å². The smallest absolute Gasteiger partial charge is 0.331 e. The van der Waals surface area contributed by atoms with E-state index in [4.69, 9.17) is 5.73 Å². The van der Waals surface area contributed by atoms with E-state index in [1.807, 2.05) is 0 Å². The molecule has 0 aliphatic rings. The summed E-state index contributed by atoms with van der Waals surface area (Å²) in [6, 6.07) is 13.5. The van der Waals surface area contributed by atoms with Crippen LogP contribution in [0.2, 0.25) is 0 Å². The van der Waals surface area contributed by atoms with E-state index in [1.165, 1.54) is 6.07 Å². The van der Waals surface area contributed by atoms with Crippen molar-refractivity contribution in [1.82, 2.24) is 0 Å². The van der Waals surface area contributed by atoms with Gasteiger partial charge >= 0.3 is 6.55 Å². The summed E-state index contributed by atoms with van der Waals surface area (Å²) in [5.74, 6) is -0.270. The van der Waals surface area contributed by atoms with Gasteiger partial charge in [0, 0.05) is 36.7 Å². The molecule has 2 aromatic carbocycles. The highest BCUT2D eigenvalue weighted by Crippen LogP contribution is 2.19. The number of anilines is 1. The lowest BCUT2D eigenvalue weighted by Gasteiger charge is -2.09. The van der Waals surface area contributed by atoms with Crippen molar-refractivity contribution >= 4 is 17.5 Å². The molecule has 0 aliphatic carbocycles. The standard InChI is InChI=1S/C18H18F3N3.H2/c1-12(22)16(11-24-18(20)21)13-6-8-15(9-7-13)23-10-14-4-2-3-5-17(14)19;/h2-9,11,18,23H,10,22H2,1H3;1H/b16-12+,24-11+;. The molecule has 0 amide bonds. The maximum Gasteiger partial charge on any atom is 0.331 e. The first-order chi connectivity index (χ1) is 11.5. The van der Waals surface area contributed by atoms with Gasteiger partial charge in [-0.05, 0) is 30.7 Å². The summed E-state index contributed by atoms with van der Waals surface area (Å²) in [5, 5.41) is 3.11. The third kappa shape index (κ3) is 4.87. The van der Waals surface area contributed by atoms with E-state index < -0.39 is 6.55 Å². The van der Waals surface area contributed by atoms with Crippen LogP contribution in [-0.2, 0) is 6.54 Å². The van der Waals surface area contributed by atoms with Gasteiger partial charge in [0.2, 0.25) is 0 Å². The predicted molar refractivity (Wildman–Crippen MR) is 93.6 cm³/mol. The van der Waals surface area contributed by atoms with Crippen LogP contribution < -0.4 is 11.1 Å². The summed E-state index contributed by atoms with van der Waals surface area (Å²) >= 11 is 0. The molecule has 2 rings (SSSR count). The summed E-state index contributed by atoms with van der Waals surface area (Å²) in [6.07, 6.45) is 1.07. The number of hydrogen-bond donors (Lipinski definition) is 2. The average molecular weight is 335 g/mol. The third-order valence-corrected chi connectivity index (χ3v) is 3.38. The van der Waals surface area contributed by atoms with Gasteiger partial charge in [-0.25, -0.2) is 9.38 Å². The Morgan fingerprint density at radius 1 is 1.21 bits per heavy atom. The molecule has 0 radical (unpaired) electrons. The van der Waals surface area contributed by atoms with E-state index in [-0.39, 0.29) is 7.24 Å². The normalized spacial score (nSPS) is 12.5. The minimum atomic E-state index is -2.78. The molecule has 0 atom stereocenters. The number of nitrogens with two attached hydrogens (primary N) is 1. The van der Waals surface area contributed by atoms with Crippen LogP contribution in [0.5, 0.6) is 0 Å². The Labute approximate surface area is 140 Å². The summed E-state index contributed by atoms with van der Waals surface area (Å²) in [4.78, 5) is 3.08. The summed E-state index contributed by atoms with van der Waals surface area (Å²) in [7, 11) is 0. The minimum absolute atomic E-state index is 0. The number of nitrogens with zero attached hydrogens (tertiary/aromatic N) is 1. The molecule has 0 fully saturated rings. The molecule has 0 aliphatic heterocycles. The monoisotopic (exact) mass is 335 g/mol. The molecular formula is C18H20F3N3. The zero-order valence-electron chi connectivity index (χ0n) is 13.1. The predicted octanol–water partition coefficient (Wildman–Crippen LogP) is 4.67. The molecular weight excluding hydrogens is 315 g/mol. The number of alkyl halides is 2. The maximum atomic E-state index is 13.6. The van der Waals surface area contributed by atoms with Crippen molar-refractivity contribution in [3.8, 4) is 0 Å². The minimum Gasteiger partial charge on any atom is -0.402 e. The van der Waals surface area contributed by atoms with Gasteiger partial charge in [0.15, 0.2) is 0 Å². The summed E-state index contributed by atoms with van der Waals surface area (Å²) < 4.78 is 38.0. The molecule has 0 bridgehead atoms. The van der Waals surface area contributed by atoms with Crippen LogP contribution in [0, 0.1) is 5.82 Å². The maximum absolute atomic E-state index is 13.6.